The normalized spacial score (nSPS) is 14.9. The molecule has 3 rings (SSSR count). The van der Waals surface area contributed by atoms with Crippen LogP contribution in [0.1, 0.15) is 6.92 Å². The number of hydrogen-bond donors (Lipinski definition) is 2. The van der Waals surface area contributed by atoms with Crippen molar-refractivity contribution in [3.63, 3.8) is 0 Å². The Morgan fingerprint density at radius 3 is 2.50 bits per heavy atom. The van der Waals surface area contributed by atoms with Gasteiger partial charge in [0.1, 0.15) is 5.75 Å². The summed E-state index contributed by atoms with van der Waals surface area (Å²) in [6.07, 6.45) is 3.32. The zero-order chi connectivity index (χ0) is 21.4. The van der Waals surface area contributed by atoms with E-state index < -0.39 is 16.1 Å². The number of nitrogens with zero attached hydrogens (tertiary/aromatic N) is 4. The van der Waals surface area contributed by atoms with Gasteiger partial charge in [-0.05, 0) is 25.1 Å². The zero-order valence-corrected chi connectivity index (χ0v) is 17.6. The Hall–Kier alpha value is -2.92. The van der Waals surface area contributed by atoms with Crippen LogP contribution in [0.4, 0.5) is 16.4 Å². The maximum Gasteiger partial charge on any atom is 0.319 e. The van der Waals surface area contributed by atoms with Crippen molar-refractivity contribution in [1.29, 1.82) is 0 Å². The highest BCUT2D eigenvalue weighted by Crippen LogP contribution is 2.23. The highest BCUT2D eigenvalue weighted by molar-refractivity contribution is 7.89. The fourth-order valence-electron chi connectivity index (χ4n) is 3.06. The summed E-state index contributed by atoms with van der Waals surface area (Å²) in [4.78, 5) is 22.5. The van der Waals surface area contributed by atoms with Crippen molar-refractivity contribution >= 4 is 27.7 Å². The Bertz CT molecular complexity index is 933. The summed E-state index contributed by atoms with van der Waals surface area (Å²) in [5, 5.41) is 5.27. The average Bonchev–Trinajstić information content (AvgIpc) is 2.76. The Balaban J connectivity index is 1.45. The van der Waals surface area contributed by atoms with E-state index in [0.717, 1.165) is 0 Å². The second-order valence-corrected chi connectivity index (χ2v) is 8.65. The summed E-state index contributed by atoms with van der Waals surface area (Å²) in [6, 6.07) is 8.32. The van der Waals surface area contributed by atoms with Crippen molar-refractivity contribution in [1.82, 2.24) is 19.6 Å². The van der Waals surface area contributed by atoms with Crippen molar-refractivity contribution < 1.29 is 17.9 Å². The lowest BCUT2D eigenvalue weighted by atomic mass is 10.3. The molecule has 0 saturated carbocycles. The number of para-hydroxylation sites is 2. The van der Waals surface area contributed by atoms with Crippen LogP contribution in [-0.4, -0.2) is 73.8 Å². The number of nitrogens with one attached hydrogen (secondary N) is 2. The number of hydrogen-bond acceptors (Lipinski definition) is 7. The van der Waals surface area contributed by atoms with Crippen molar-refractivity contribution in [3.8, 4) is 5.75 Å². The van der Waals surface area contributed by atoms with E-state index in [1.54, 1.807) is 36.7 Å². The van der Waals surface area contributed by atoms with E-state index in [4.69, 9.17) is 4.74 Å². The van der Waals surface area contributed by atoms with Gasteiger partial charge in [-0.2, -0.15) is 4.31 Å². The molecule has 0 bridgehead atoms. The molecule has 2 N–H and O–H groups in total. The van der Waals surface area contributed by atoms with Crippen LogP contribution in [0.25, 0.3) is 0 Å². The van der Waals surface area contributed by atoms with Gasteiger partial charge in [-0.3, -0.25) is 0 Å². The third-order valence-corrected chi connectivity index (χ3v) is 6.42. The number of anilines is 2. The Kier molecular flexibility index (Phi) is 7.41. The first-order valence-electron chi connectivity index (χ1n) is 9.76. The van der Waals surface area contributed by atoms with Crippen LogP contribution in [-0.2, 0) is 10.0 Å². The number of ether oxygens (including phenoxy) is 1. The number of piperazine rings is 1. The topological polar surface area (TPSA) is 117 Å². The molecule has 1 aliphatic heterocycles. The molecule has 0 unspecified atom stereocenters. The number of amides is 2. The van der Waals surface area contributed by atoms with Crippen molar-refractivity contribution in [2.45, 2.75) is 6.92 Å². The van der Waals surface area contributed by atoms with Crippen molar-refractivity contribution in [3.05, 3.63) is 42.7 Å². The summed E-state index contributed by atoms with van der Waals surface area (Å²) >= 11 is 0. The second-order valence-electron chi connectivity index (χ2n) is 6.56. The molecule has 0 radical (unpaired) electrons. The van der Waals surface area contributed by atoms with Crippen LogP contribution >= 0.6 is 0 Å². The maximum absolute atomic E-state index is 12.6. The molecule has 10 nitrogen and oxygen atoms in total. The lowest BCUT2D eigenvalue weighted by Gasteiger charge is -2.33. The quantitative estimate of drug-likeness (QED) is 0.640. The van der Waals surface area contributed by atoms with E-state index in [1.807, 2.05) is 17.9 Å². The number of urea groups is 1. The minimum absolute atomic E-state index is 0.00692. The first-order chi connectivity index (χ1) is 14.5. The lowest BCUT2D eigenvalue weighted by molar-refractivity contribution is 0.252. The molecule has 1 saturated heterocycles. The number of benzene rings is 1. The van der Waals surface area contributed by atoms with E-state index in [9.17, 15) is 13.2 Å². The van der Waals surface area contributed by atoms with Gasteiger partial charge < -0.3 is 20.3 Å². The Morgan fingerprint density at radius 1 is 1.10 bits per heavy atom. The van der Waals surface area contributed by atoms with Gasteiger partial charge >= 0.3 is 6.03 Å². The number of carbonyl (C=O) groups excluding carboxylic acids is 1. The number of sulfonamides is 1. The van der Waals surface area contributed by atoms with Gasteiger partial charge in [-0.15, -0.1) is 0 Å². The molecule has 0 aliphatic carbocycles. The largest absolute Gasteiger partial charge is 0.492 e. The van der Waals surface area contributed by atoms with Crippen molar-refractivity contribution in [2.24, 2.45) is 0 Å². The van der Waals surface area contributed by atoms with E-state index in [-0.39, 0.29) is 12.3 Å². The molecular formula is C19H26N6O4S. The fraction of sp³-hybridized carbons (Fsp3) is 0.421. The van der Waals surface area contributed by atoms with Crippen LogP contribution in [0.2, 0.25) is 0 Å². The molecule has 1 aromatic heterocycles. The van der Waals surface area contributed by atoms with Crippen LogP contribution < -0.4 is 20.3 Å². The molecule has 1 fully saturated rings. The molecule has 30 heavy (non-hydrogen) atoms. The average molecular weight is 435 g/mol. The Morgan fingerprint density at radius 2 is 1.80 bits per heavy atom. The third kappa shape index (κ3) is 5.80. The van der Waals surface area contributed by atoms with Crippen molar-refractivity contribution in [2.75, 3.05) is 55.3 Å². The summed E-state index contributed by atoms with van der Waals surface area (Å²) in [6.45, 7) is 4.09. The van der Waals surface area contributed by atoms with Gasteiger partial charge in [0.15, 0.2) is 0 Å². The molecule has 2 amide bonds. The lowest BCUT2D eigenvalue weighted by Crippen LogP contribution is -2.50. The SMILES string of the molecule is CCOc1ccccc1NC(=O)NCCS(=O)(=O)N1CCN(c2ncccn2)CC1. The van der Waals surface area contributed by atoms with E-state index in [0.29, 0.717) is 50.2 Å². The summed E-state index contributed by atoms with van der Waals surface area (Å²) in [5.41, 5.74) is 0.527. The predicted molar refractivity (Wildman–Crippen MR) is 114 cm³/mol. The van der Waals surface area contributed by atoms with Crippen LogP contribution in [0.5, 0.6) is 5.75 Å². The highest BCUT2D eigenvalue weighted by Gasteiger charge is 2.27. The van der Waals surface area contributed by atoms with Gasteiger partial charge in [0, 0.05) is 45.1 Å². The summed E-state index contributed by atoms with van der Waals surface area (Å²) in [7, 11) is -3.48. The molecule has 0 atom stereocenters. The highest BCUT2D eigenvalue weighted by atomic mass is 32.2. The standard InChI is InChI=1S/C19H26N6O4S/c1-2-29-17-7-4-3-6-16(17)23-19(26)22-10-15-30(27,28)25-13-11-24(12-14-25)18-20-8-5-9-21-18/h3-9H,2,10-15H2,1H3,(H2,22,23,26). The van der Waals surface area contributed by atoms with Crippen LogP contribution in [0, 0.1) is 0 Å². The molecule has 2 heterocycles. The van der Waals surface area contributed by atoms with Gasteiger partial charge in [-0.1, -0.05) is 12.1 Å². The number of aromatic nitrogens is 2. The Labute approximate surface area is 176 Å². The molecule has 162 valence electrons. The minimum Gasteiger partial charge on any atom is -0.492 e. The second kappa shape index (κ2) is 10.2. The molecule has 11 heteroatoms. The molecular weight excluding hydrogens is 408 g/mol. The molecule has 0 spiro atoms. The van der Waals surface area contributed by atoms with E-state index >= 15 is 0 Å². The fourth-order valence-corrected chi connectivity index (χ4v) is 4.40. The summed E-state index contributed by atoms with van der Waals surface area (Å²) in [5.74, 6) is 0.985. The van der Waals surface area contributed by atoms with Gasteiger partial charge in [0.05, 0.1) is 18.0 Å². The van der Waals surface area contributed by atoms with E-state index in [1.165, 1.54) is 4.31 Å². The molecule has 1 aromatic carbocycles. The number of carbonyl (C=O) groups is 1. The monoisotopic (exact) mass is 434 g/mol. The van der Waals surface area contributed by atoms with E-state index in [2.05, 4.69) is 20.6 Å². The summed E-state index contributed by atoms with van der Waals surface area (Å²) < 4.78 is 32.1. The first-order valence-corrected chi connectivity index (χ1v) is 11.4. The zero-order valence-electron chi connectivity index (χ0n) is 16.8. The third-order valence-electron chi connectivity index (χ3n) is 4.55. The predicted octanol–water partition coefficient (Wildman–Crippen LogP) is 1.15. The number of rotatable bonds is 8. The van der Waals surface area contributed by atoms with Crippen LogP contribution in [0.3, 0.4) is 0 Å². The molecule has 2 aromatic rings. The van der Waals surface area contributed by atoms with Gasteiger partial charge in [-0.25, -0.2) is 23.2 Å². The smallest absolute Gasteiger partial charge is 0.319 e. The van der Waals surface area contributed by atoms with Gasteiger partial charge in [0.2, 0.25) is 16.0 Å². The van der Waals surface area contributed by atoms with Gasteiger partial charge in [0.25, 0.3) is 0 Å². The first kappa shape index (κ1) is 21.8. The minimum atomic E-state index is -3.48. The van der Waals surface area contributed by atoms with Crippen LogP contribution in [0.15, 0.2) is 42.7 Å². The maximum atomic E-state index is 12.6. The molecule has 1 aliphatic rings.